The lowest BCUT2D eigenvalue weighted by molar-refractivity contribution is -0.117. The van der Waals surface area contributed by atoms with E-state index in [2.05, 4.69) is 20.4 Å². The molecular formula is C16H23N5O3. The number of hydrogen-bond acceptors (Lipinski definition) is 6. The van der Waals surface area contributed by atoms with Gasteiger partial charge in [-0.1, -0.05) is 5.16 Å². The molecule has 1 aliphatic rings. The van der Waals surface area contributed by atoms with Crippen LogP contribution in [0.4, 0.5) is 5.88 Å². The van der Waals surface area contributed by atoms with E-state index >= 15 is 0 Å². The van der Waals surface area contributed by atoms with E-state index in [0.29, 0.717) is 18.3 Å². The van der Waals surface area contributed by atoms with Gasteiger partial charge in [0, 0.05) is 25.5 Å². The van der Waals surface area contributed by atoms with Crippen LogP contribution in [0.2, 0.25) is 0 Å². The first kappa shape index (κ1) is 16.7. The van der Waals surface area contributed by atoms with Gasteiger partial charge < -0.3 is 14.2 Å². The van der Waals surface area contributed by atoms with Crippen LogP contribution in [0, 0.1) is 12.8 Å². The highest BCUT2D eigenvalue weighted by atomic mass is 16.5. The molecule has 2 N–H and O–H groups in total. The highest BCUT2D eigenvalue weighted by Gasteiger charge is 2.29. The third-order valence-corrected chi connectivity index (χ3v) is 4.46. The molecule has 1 fully saturated rings. The second-order valence-corrected chi connectivity index (χ2v) is 6.34. The second-order valence-electron chi connectivity index (χ2n) is 6.34. The Hall–Kier alpha value is -2.19. The predicted molar refractivity (Wildman–Crippen MR) is 87.2 cm³/mol. The van der Waals surface area contributed by atoms with Crippen molar-refractivity contribution in [1.29, 1.82) is 0 Å². The predicted octanol–water partition coefficient (Wildman–Crippen LogP) is 1.10. The third-order valence-electron chi connectivity index (χ3n) is 4.46. The summed E-state index contributed by atoms with van der Waals surface area (Å²) in [5, 5.41) is 16.9. The molecule has 1 unspecified atom stereocenters. The van der Waals surface area contributed by atoms with Crippen molar-refractivity contribution in [3.8, 4) is 0 Å². The van der Waals surface area contributed by atoms with Gasteiger partial charge in [0.25, 0.3) is 0 Å². The number of aromatic nitrogens is 3. The number of carbonyl (C=O) groups is 1. The lowest BCUT2D eigenvalue weighted by Gasteiger charge is -2.33. The number of imidazole rings is 1. The summed E-state index contributed by atoms with van der Waals surface area (Å²) in [4.78, 5) is 18.3. The number of nitrogens with zero attached hydrogens (tertiary/aromatic N) is 4. The van der Waals surface area contributed by atoms with Crippen molar-refractivity contribution in [2.24, 2.45) is 13.0 Å². The molecule has 0 bridgehead atoms. The molecule has 0 spiro atoms. The summed E-state index contributed by atoms with van der Waals surface area (Å²) in [6.07, 6.45) is 4.65. The van der Waals surface area contributed by atoms with Crippen molar-refractivity contribution in [1.82, 2.24) is 19.6 Å². The number of piperidine rings is 1. The Bertz CT molecular complexity index is 687. The number of carbonyl (C=O) groups excluding carboxylic acids is 1. The normalized spacial score (nSPS) is 17.8. The minimum atomic E-state index is -0.557. The number of aliphatic hydroxyl groups is 1. The molecule has 0 saturated carbocycles. The lowest BCUT2D eigenvalue weighted by Crippen LogP contribution is -2.40. The molecule has 0 aliphatic carbocycles. The van der Waals surface area contributed by atoms with E-state index in [-0.39, 0.29) is 11.8 Å². The van der Waals surface area contributed by atoms with E-state index in [1.165, 1.54) is 0 Å². The fourth-order valence-corrected chi connectivity index (χ4v) is 3.10. The number of amides is 1. The maximum absolute atomic E-state index is 12.0. The van der Waals surface area contributed by atoms with Crippen LogP contribution in [0.1, 0.15) is 30.5 Å². The van der Waals surface area contributed by atoms with Crippen LogP contribution >= 0.6 is 0 Å². The molecule has 2 aromatic rings. The molecule has 0 aromatic carbocycles. The Morgan fingerprint density at radius 1 is 1.50 bits per heavy atom. The molecular weight excluding hydrogens is 310 g/mol. The van der Waals surface area contributed by atoms with Gasteiger partial charge in [-0.15, -0.1) is 0 Å². The zero-order valence-electron chi connectivity index (χ0n) is 14.0. The third kappa shape index (κ3) is 3.82. The van der Waals surface area contributed by atoms with Gasteiger partial charge in [0.15, 0.2) is 0 Å². The van der Waals surface area contributed by atoms with Crippen LogP contribution in [0.5, 0.6) is 0 Å². The zero-order chi connectivity index (χ0) is 17.1. The molecule has 8 heteroatoms. The van der Waals surface area contributed by atoms with Crippen molar-refractivity contribution >= 4 is 11.8 Å². The summed E-state index contributed by atoms with van der Waals surface area (Å²) in [5.74, 6) is 1.13. The molecule has 130 valence electrons. The maximum atomic E-state index is 12.0. The van der Waals surface area contributed by atoms with Crippen molar-refractivity contribution in [3.05, 3.63) is 30.0 Å². The fourth-order valence-electron chi connectivity index (χ4n) is 3.10. The molecule has 1 saturated heterocycles. The number of hydrogen-bond donors (Lipinski definition) is 2. The van der Waals surface area contributed by atoms with Gasteiger partial charge in [-0.05, 0) is 38.8 Å². The number of anilines is 1. The fraction of sp³-hybridized carbons (Fsp3) is 0.562. The van der Waals surface area contributed by atoms with Crippen molar-refractivity contribution in [3.63, 3.8) is 0 Å². The van der Waals surface area contributed by atoms with Crippen molar-refractivity contribution < 1.29 is 14.4 Å². The van der Waals surface area contributed by atoms with E-state index < -0.39 is 6.10 Å². The van der Waals surface area contributed by atoms with Crippen molar-refractivity contribution in [2.45, 2.75) is 25.9 Å². The largest absolute Gasteiger partial charge is 0.385 e. The van der Waals surface area contributed by atoms with Crippen molar-refractivity contribution in [2.75, 3.05) is 25.0 Å². The Morgan fingerprint density at radius 2 is 2.25 bits per heavy atom. The van der Waals surface area contributed by atoms with E-state index in [1.807, 2.05) is 17.8 Å². The Balaban J connectivity index is 1.46. The SMILES string of the molecule is Cc1cc(NC(=O)CN2CCC(C(O)c3nccn3C)CC2)on1. The second kappa shape index (κ2) is 7.14. The standard InChI is InChI=1S/C16H23N5O3/c1-11-9-14(24-19-11)18-13(22)10-21-6-3-12(4-7-21)15(23)16-17-5-8-20(16)2/h5,8-9,12,15,23H,3-4,6-7,10H2,1-2H3,(H,18,22). The molecule has 1 amide bonds. The van der Waals surface area contributed by atoms with E-state index in [1.54, 1.807) is 19.2 Å². The summed E-state index contributed by atoms with van der Waals surface area (Å²) < 4.78 is 6.83. The lowest BCUT2D eigenvalue weighted by atomic mass is 9.90. The Morgan fingerprint density at radius 3 is 2.83 bits per heavy atom. The van der Waals surface area contributed by atoms with Gasteiger partial charge in [0.05, 0.1) is 12.2 Å². The summed E-state index contributed by atoms with van der Waals surface area (Å²) in [6.45, 7) is 3.66. The van der Waals surface area contributed by atoms with Gasteiger partial charge in [-0.2, -0.15) is 0 Å². The quantitative estimate of drug-likeness (QED) is 0.850. The van der Waals surface area contributed by atoms with Crippen LogP contribution < -0.4 is 5.32 Å². The first-order valence-electron chi connectivity index (χ1n) is 8.13. The molecule has 1 aliphatic heterocycles. The van der Waals surface area contributed by atoms with Crippen LogP contribution in [0.25, 0.3) is 0 Å². The highest BCUT2D eigenvalue weighted by Crippen LogP contribution is 2.29. The first-order chi connectivity index (χ1) is 11.5. The van der Waals surface area contributed by atoms with Gasteiger partial charge in [0.2, 0.25) is 11.8 Å². The molecule has 8 nitrogen and oxygen atoms in total. The van der Waals surface area contributed by atoms with Gasteiger partial charge in [0.1, 0.15) is 11.9 Å². The number of aliphatic hydroxyl groups excluding tert-OH is 1. The van der Waals surface area contributed by atoms with E-state index in [4.69, 9.17) is 4.52 Å². The zero-order valence-corrected chi connectivity index (χ0v) is 14.0. The van der Waals surface area contributed by atoms with Gasteiger partial charge in [-0.25, -0.2) is 4.98 Å². The average molecular weight is 333 g/mol. The first-order valence-corrected chi connectivity index (χ1v) is 8.13. The molecule has 2 aromatic heterocycles. The van der Waals surface area contributed by atoms with Gasteiger partial charge in [-0.3, -0.25) is 15.0 Å². The minimum Gasteiger partial charge on any atom is -0.385 e. The summed E-state index contributed by atoms with van der Waals surface area (Å²) in [7, 11) is 1.89. The van der Waals surface area contributed by atoms with Gasteiger partial charge >= 0.3 is 0 Å². The monoisotopic (exact) mass is 333 g/mol. The summed E-state index contributed by atoms with van der Waals surface area (Å²) in [5.41, 5.74) is 0.731. The smallest absolute Gasteiger partial charge is 0.240 e. The molecule has 24 heavy (non-hydrogen) atoms. The van der Waals surface area contributed by atoms with Crippen LogP contribution in [0.3, 0.4) is 0 Å². The van der Waals surface area contributed by atoms with Crippen LogP contribution in [0.15, 0.2) is 23.0 Å². The van der Waals surface area contributed by atoms with Crippen LogP contribution in [-0.2, 0) is 11.8 Å². The minimum absolute atomic E-state index is 0.116. The van der Waals surface area contributed by atoms with Crippen LogP contribution in [-0.4, -0.2) is 50.3 Å². The molecule has 1 atom stereocenters. The average Bonchev–Trinajstić information content (AvgIpc) is 3.15. The maximum Gasteiger partial charge on any atom is 0.240 e. The molecule has 3 rings (SSSR count). The number of aryl methyl sites for hydroxylation is 2. The summed E-state index contributed by atoms with van der Waals surface area (Å²) in [6, 6.07) is 1.69. The Kier molecular flexibility index (Phi) is 4.96. The topological polar surface area (TPSA) is 96.4 Å². The van der Waals surface area contributed by atoms with E-state index in [9.17, 15) is 9.90 Å². The number of likely N-dealkylation sites (tertiary alicyclic amines) is 1. The molecule has 0 radical (unpaired) electrons. The van der Waals surface area contributed by atoms with E-state index in [0.717, 1.165) is 31.6 Å². The molecule has 3 heterocycles. The highest BCUT2D eigenvalue weighted by molar-refractivity contribution is 5.90. The Labute approximate surface area is 140 Å². The number of nitrogens with one attached hydrogen (secondary N) is 1. The number of rotatable bonds is 5. The summed E-state index contributed by atoms with van der Waals surface area (Å²) >= 11 is 0.